The second kappa shape index (κ2) is 8.07. The first-order valence-corrected chi connectivity index (χ1v) is 10.1. The van der Waals surface area contributed by atoms with Crippen molar-refractivity contribution in [2.24, 2.45) is 0 Å². The normalized spacial score (nSPS) is 13.8. The highest BCUT2D eigenvalue weighted by Crippen LogP contribution is 2.25. The van der Waals surface area contributed by atoms with Gasteiger partial charge in [0.25, 0.3) is 5.56 Å². The molecule has 2 aromatic carbocycles. The average Bonchev–Trinajstić information content (AvgIpc) is 3.25. The lowest BCUT2D eigenvalue weighted by Gasteiger charge is -2.24. The lowest BCUT2D eigenvalue weighted by molar-refractivity contribution is -0.131. The maximum atomic E-state index is 12.8. The van der Waals surface area contributed by atoms with Gasteiger partial charge in [0, 0.05) is 32.4 Å². The van der Waals surface area contributed by atoms with Crippen LogP contribution in [0.4, 0.5) is 5.69 Å². The SMILES string of the molecule is Cc1cccc2c(=O)n(CC(=O)N(C)Cc3ccccc3N3CCCC3)cnc12. The molecule has 0 unspecified atom stereocenters. The van der Waals surface area contributed by atoms with Gasteiger partial charge in [-0.2, -0.15) is 0 Å². The molecule has 4 rings (SSSR count). The molecular weight excluding hydrogens is 364 g/mol. The number of anilines is 1. The van der Waals surface area contributed by atoms with Crippen LogP contribution in [0.15, 0.2) is 53.6 Å². The molecule has 0 N–H and O–H groups in total. The van der Waals surface area contributed by atoms with E-state index in [9.17, 15) is 9.59 Å². The van der Waals surface area contributed by atoms with E-state index in [1.54, 1.807) is 18.0 Å². The molecule has 1 aliphatic rings. The summed E-state index contributed by atoms with van der Waals surface area (Å²) in [5, 5.41) is 0.544. The van der Waals surface area contributed by atoms with Crippen LogP contribution in [0, 0.1) is 6.92 Å². The molecule has 1 amide bonds. The van der Waals surface area contributed by atoms with Gasteiger partial charge in [0.1, 0.15) is 6.54 Å². The summed E-state index contributed by atoms with van der Waals surface area (Å²) in [6.45, 7) is 4.55. The standard InChI is InChI=1S/C23H26N4O2/c1-17-8-7-10-19-22(17)24-16-27(23(19)29)15-21(28)25(2)14-18-9-3-4-11-20(18)26-12-5-6-13-26/h3-4,7-11,16H,5-6,12-15H2,1-2H3. The van der Waals surface area contributed by atoms with Crippen molar-refractivity contribution in [3.05, 3.63) is 70.3 Å². The number of carbonyl (C=O) groups excluding carboxylic acids is 1. The first kappa shape index (κ1) is 19.2. The number of carbonyl (C=O) groups is 1. The Morgan fingerprint density at radius 3 is 2.66 bits per heavy atom. The molecular formula is C23H26N4O2. The number of aromatic nitrogens is 2. The smallest absolute Gasteiger partial charge is 0.261 e. The minimum absolute atomic E-state index is 0.0158. The van der Waals surface area contributed by atoms with Crippen LogP contribution in [0.25, 0.3) is 10.9 Å². The molecule has 29 heavy (non-hydrogen) atoms. The van der Waals surface area contributed by atoms with Gasteiger partial charge in [-0.15, -0.1) is 0 Å². The van der Waals surface area contributed by atoms with Crippen LogP contribution < -0.4 is 10.5 Å². The summed E-state index contributed by atoms with van der Waals surface area (Å²) in [4.78, 5) is 34.1. The summed E-state index contributed by atoms with van der Waals surface area (Å²) in [6.07, 6.45) is 3.89. The van der Waals surface area contributed by atoms with Crippen molar-refractivity contribution in [2.45, 2.75) is 32.9 Å². The quantitative estimate of drug-likeness (QED) is 0.672. The van der Waals surface area contributed by atoms with E-state index in [4.69, 9.17) is 0 Å². The lowest BCUT2D eigenvalue weighted by Crippen LogP contribution is -2.34. The van der Waals surface area contributed by atoms with Crippen LogP contribution >= 0.6 is 0 Å². The molecule has 0 aliphatic carbocycles. The molecule has 2 heterocycles. The van der Waals surface area contributed by atoms with E-state index in [-0.39, 0.29) is 18.0 Å². The molecule has 3 aromatic rings. The molecule has 0 bridgehead atoms. The predicted molar refractivity (Wildman–Crippen MR) is 115 cm³/mol. The van der Waals surface area contributed by atoms with Crippen molar-refractivity contribution < 1.29 is 4.79 Å². The number of aryl methyl sites for hydroxylation is 1. The van der Waals surface area contributed by atoms with E-state index < -0.39 is 0 Å². The minimum Gasteiger partial charge on any atom is -0.371 e. The fourth-order valence-electron chi connectivity index (χ4n) is 3.97. The number of nitrogens with zero attached hydrogens (tertiary/aromatic N) is 4. The van der Waals surface area contributed by atoms with Crippen LogP contribution in [-0.4, -0.2) is 40.5 Å². The van der Waals surface area contributed by atoms with Crippen LogP contribution in [0.5, 0.6) is 0 Å². The highest BCUT2D eigenvalue weighted by atomic mass is 16.2. The van der Waals surface area contributed by atoms with E-state index in [1.165, 1.54) is 29.4 Å². The Balaban J connectivity index is 1.52. The molecule has 1 aromatic heterocycles. The number of rotatable bonds is 5. The first-order chi connectivity index (χ1) is 14.0. The summed E-state index contributed by atoms with van der Waals surface area (Å²) in [7, 11) is 1.78. The third-order valence-electron chi connectivity index (χ3n) is 5.63. The third kappa shape index (κ3) is 3.88. The number of amides is 1. The van der Waals surface area contributed by atoms with E-state index in [1.807, 2.05) is 31.2 Å². The second-order valence-electron chi connectivity index (χ2n) is 7.72. The van der Waals surface area contributed by atoms with Crippen LogP contribution in [0.3, 0.4) is 0 Å². The molecule has 1 aliphatic heterocycles. The van der Waals surface area contributed by atoms with Gasteiger partial charge >= 0.3 is 0 Å². The Bertz CT molecular complexity index is 1100. The van der Waals surface area contributed by atoms with Gasteiger partial charge < -0.3 is 9.80 Å². The first-order valence-electron chi connectivity index (χ1n) is 10.1. The van der Waals surface area contributed by atoms with E-state index >= 15 is 0 Å². The van der Waals surface area contributed by atoms with Crippen molar-refractivity contribution in [1.29, 1.82) is 0 Å². The summed E-state index contributed by atoms with van der Waals surface area (Å²) < 4.78 is 1.40. The molecule has 6 heteroatoms. The fourth-order valence-corrected chi connectivity index (χ4v) is 3.97. The summed E-state index contributed by atoms with van der Waals surface area (Å²) in [6, 6.07) is 13.8. The molecule has 1 fully saturated rings. The van der Waals surface area contributed by atoms with Crippen molar-refractivity contribution in [3.63, 3.8) is 0 Å². The van der Waals surface area contributed by atoms with E-state index in [0.29, 0.717) is 17.4 Å². The summed E-state index contributed by atoms with van der Waals surface area (Å²) in [5.74, 6) is -0.114. The zero-order chi connectivity index (χ0) is 20.4. The van der Waals surface area contributed by atoms with Crippen LogP contribution in [-0.2, 0) is 17.9 Å². The highest BCUT2D eigenvalue weighted by Gasteiger charge is 2.18. The van der Waals surface area contributed by atoms with Crippen molar-refractivity contribution in [2.75, 3.05) is 25.0 Å². The fraction of sp³-hybridized carbons (Fsp3) is 0.348. The van der Waals surface area contributed by atoms with Crippen molar-refractivity contribution in [3.8, 4) is 0 Å². The van der Waals surface area contributed by atoms with E-state index in [2.05, 4.69) is 22.0 Å². The lowest BCUT2D eigenvalue weighted by atomic mass is 10.1. The molecule has 6 nitrogen and oxygen atoms in total. The molecule has 150 valence electrons. The van der Waals surface area contributed by atoms with Gasteiger partial charge in [0.05, 0.1) is 17.2 Å². The maximum Gasteiger partial charge on any atom is 0.261 e. The zero-order valence-electron chi connectivity index (χ0n) is 17.0. The van der Waals surface area contributed by atoms with Crippen LogP contribution in [0.1, 0.15) is 24.0 Å². The van der Waals surface area contributed by atoms with Gasteiger partial charge in [0.15, 0.2) is 0 Å². The number of hydrogen-bond donors (Lipinski definition) is 0. The molecule has 0 atom stereocenters. The number of likely N-dealkylation sites (N-methyl/N-ethyl adjacent to an activating group) is 1. The Hall–Kier alpha value is -3.15. The number of hydrogen-bond acceptors (Lipinski definition) is 4. The van der Waals surface area contributed by atoms with Gasteiger partial charge in [-0.1, -0.05) is 30.3 Å². The summed E-state index contributed by atoms with van der Waals surface area (Å²) >= 11 is 0. The highest BCUT2D eigenvalue weighted by molar-refractivity contribution is 5.81. The topological polar surface area (TPSA) is 58.4 Å². The van der Waals surface area contributed by atoms with Crippen molar-refractivity contribution >= 4 is 22.5 Å². The average molecular weight is 390 g/mol. The van der Waals surface area contributed by atoms with E-state index in [0.717, 1.165) is 24.2 Å². The van der Waals surface area contributed by atoms with Crippen LogP contribution in [0.2, 0.25) is 0 Å². The molecule has 1 saturated heterocycles. The molecule has 0 saturated carbocycles. The van der Waals surface area contributed by atoms with Gasteiger partial charge in [-0.3, -0.25) is 14.2 Å². The van der Waals surface area contributed by atoms with Gasteiger partial charge in [0.2, 0.25) is 5.91 Å². The number of benzene rings is 2. The van der Waals surface area contributed by atoms with Gasteiger partial charge in [-0.25, -0.2) is 4.98 Å². The second-order valence-corrected chi connectivity index (χ2v) is 7.72. The third-order valence-corrected chi connectivity index (χ3v) is 5.63. The minimum atomic E-state index is -0.182. The Kier molecular flexibility index (Phi) is 5.34. The van der Waals surface area contributed by atoms with Crippen molar-refractivity contribution in [1.82, 2.24) is 14.5 Å². The van der Waals surface area contributed by atoms with Gasteiger partial charge in [-0.05, 0) is 43.0 Å². The predicted octanol–water partition coefficient (Wildman–Crippen LogP) is 2.96. The maximum absolute atomic E-state index is 12.8. The Morgan fingerprint density at radius 2 is 1.86 bits per heavy atom. The number of para-hydroxylation sites is 2. The zero-order valence-corrected chi connectivity index (χ0v) is 17.0. The summed E-state index contributed by atoms with van der Waals surface area (Å²) in [5.41, 5.74) is 3.79. The monoisotopic (exact) mass is 390 g/mol. The molecule has 0 spiro atoms. The molecule has 0 radical (unpaired) electrons. The Labute approximate surface area is 170 Å². The Morgan fingerprint density at radius 1 is 1.10 bits per heavy atom. The largest absolute Gasteiger partial charge is 0.371 e. The number of fused-ring (bicyclic) bond motifs is 1.